The van der Waals surface area contributed by atoms with E-state index in [0.717, 1.165) is 16.7 Å². The van der Waals surface area contributed by atoms with Gasteiger partial charge >= 0.3 is 5.97 Å². The molecule has 19 heavy (non-hydrogen) atoms. The highest BCUT2D eigenvalue weighted by Crippen LogP contribution is 2.24. The summed E-state index contributed by atoms with van der Waals surface area (Å²) >= 11 is 6.28. The van der Waals surface area contributed by atoms with Crippen LogP contribution in [0.5, 0.6) is 0 Å². The zero-order valence-corrected chi connectivity index (χ0v) is 13.4. The van der Waals surface area contributed by atoms with Crippen LogP contribution in [0.25, 0.3) is 0 Å². The van der Waals surface area contributed by atoms with Crippen LogP contribution < -0.4 is 0 Å². The van der Waals surface area contributed by atoms with Crippen molar-refractivity contribution in [1.29, 1.82) is 0 Å². The van der Waals surface area contributed by atoms with Crippen molar-refractivity contribution in [3.63, 3.8) is 0 Å². The number of thioether (sulfide) groups is 1. The van der Waals surface area contributed by atoms with E-state index in [-0.39, 0.29) is 5.75 Å². The number of hydrogen-bond acceptors (Lipinski definition) is 5. The Balaban J connectivity index is 2.20. The Labute approximate surface area is 127 Å². The molecule has 2 rings (SSSR count). The highest BCUT2D eigenvalue weighted by molar-refractivity contribution is 9.10. The molecule has 0 saturated heterocycles. The minimum Gasteiger partial charge on any atom is -0.481 e. The first-order valence-corrected chi connectivity index (χ1v) is 8.25. The minimum atomic E-state index is -0.850. The lowest BCUT2D eigenvalue weighted by Gasteiger charge is -2.07. The second-order valence-corrected chi connectivity index (χ2v) is 6.61. The van der Waals surface area contributed by atoms with Crippen molar-refractivity contribution in [1.82, 2.24) is 14.8 Å². The van der Waals surface area contributed by atoms with Gasteiger partial charge in [-0.2, -0.15) is 0 Å². The van der Waals surface area contributed by atoms with Crippen molar-refractivity contribution in [3.05, 3.63) is 26.6 Å². The number of hydrogen-bond donors (Lipinski definition) is 1. The summed E-state index contributed by atoms with van der Waals surface area (Å²) in [6.07, 6.45) is 0.771. The van der Waals surface area contributed by atoms with Crippen LogP contribution in [0.2, 0.25) is 0 Å². The Morgan fingerprint density at radius 3 is 2.95 bits per heavy atom. The van der Waals surface area contributed by atoms with Crippen molar-refractivity contribution in [3.8, 4) is 0 Å². The SMILES string of the molecule is CCc1nnc(SCC(=O)O)n1Cc1cc(Br)cs1. The molecular weight excluding hydrogens is 350 g/mol. The molecule has 102 valence electrons. The molecule has 0 saturated carbocycles. The lowest BCUT2D eigenvalue weighted by molar-refractivity contribution is -0.133. The molecule has 2 aromatic heterocycles. The number of nitrogens with zero attached hydrogens (tertiary/aromatic N) is 3. The van der Waals surface area contributed by atoms with Gasteiger partial charge in [0.2, 0.25) is 0 Å². The molecule has 0 unspecified atom stereocenters. The summed E-state index contributed by atoms with van der Waals surface area (Å²) in [4.78, 5) is 11.8. The summed E-state index contributed by atoms with van der Waals surface area (Å²) in [6.45, 7) is 2.69. The Morgan fingerprint density at radius 1 is 1.58 bits per heavy atom. The zero-order chi connectivity index (χ0) is 13.8. The minimum absolute atomic E-state index is 0.00399. The van der Waals surface area contributed by atoms with E-state index in [9.17, 15) is 4.79 Å². The molecule has 1 N–H and O–H groups in total. The Hall–Kier alpha value is -0.860. The molecular formula is C11H12BrN3O2S2. The van der Waals surface area contributed by atoms with Crippen molar-refractivity contribution in [2.45, 2.75) is 25.0 Å². The average Bonchev–Trinajstić information content (AvgIpc) is 2.94. The molecule has 2 heterocycles. The number of carboxylic acid groups (broad SMARTS) is 1. The molecule has 2 aromatic rings. The monoisotopic (exact) mass is 361 g/mol. The first kappa shape index (κ1) is 14.5. The number of carboxylic acids is 1. The molecule has 0 atom stereocenters. The van der Waals surface area contributed by atoms with Crippen LogP contribution in [0, 0.1) is 0 Å². The number of rotatable bonds is 6. The molecule has 5 nitrogen and oxygen atoms in total. The van der Waals surface area contributed by atoms with Crippen molar-refractivity contribution >= 4 is 45.0 Å². The largest absolute Gasteiger partial charge is 0.481 e. The first-order valence-electron chi connectivity index (χ1n) is 5.59. The fourth-order valence-electron chi connectivity index (χ4n) is 1.56. The van der Waals surface area contributed by atoms with Crippen LogP contribution in [-0.2, 0) is 17.8 Å². The second-order valence-electron chi connectivity index (χ2n) is 3.75. The highest BCUT2D eigenvalue weighted by Gasteiger charge is 2.13. The summed E-state index contributed by atoms with van der Waals surface area (Å²) in [5.41, 5.74) is 0. The van der Waals surface area contributed by atoms with E-state index in [2.05, 4.69) is 32.2 Å². The Morgan fingerprint density at radius 2 is 2.37 bits per heavy atom. The van der Waals surface area contributed by atoms with Crippen LogP contribution in [0.15, 0.2) is 21.1 Å². The summed E-state index contributed by atoms with van der Waals surface area (Å²) < 4.78 is 3.03. The summed E-state index contributed by atoms with van der Waals surface area (Å²) in [7, 11) is 0. The maximum Gasteiger partial charge on any atom is 0.313 e. The van der Waals surface area contributed by atoms with Crippen LogP contribution in [-0.4, -0.2) is 31.6 Å². The van der Waals surface area contributed by atoms with Gasteiger partial charge in [-0.25, -0.2) is 0 Å². The van der Waals surface area contributed by atoms with Crippen molar-refractivity contribution in [2.75, 3.05) is 5.75 Å². The van der Waals surface area contributed by atoms with E-state index in [4.69, 9.17) is 5.11 Å². The van der Waals surface area contributed by atoms with Gasteiger partial charge in [-0.3, -0.25) is 4.79 Å². The molecule has 0 aliphatic carbocycles. The Kier molecular flexibility index (Phi) is 5.00. The third-order valence-electron chi connectivity index (χ3n) is 2.37. The topological polar surface area (TPSA) is 68.0 Å². The van der Waals surface area contributed by atoms with Gasteiger partial charge in [-0.05, 0) is 22.0 Å². The van der Waals surface area contributed by atoms with Gasteiger partial charge in [-0.1, -0.05) is 18.7 Å². The molecule has 0 aromatic carbocycles. The number of carbonyl (C=O) groups is 1. The van der Waals surface area contributed by atoms with E-state index < -0.39 is 5.97 Å². The Bertz CT molecular complexity index is 582. The van der Waals surface area contributed by atoms with E-state index in [0.29, 0.717) is 11.7 Å². The molecule has 0 radical (unpaired) electrons. The molecule has 0 spiro atoms. The molecule has 0 aliphatic heterocycles. The van der Waals surface area contributed by atoms with E-state index in [1.165, 1.54) is 16.6 Å². The van der Waals surface area contributed by atoms with Gasteiger partial charge in [0.25, 0.3) is 0 Å². The molecule has 0 bridgehead atoms. The number of aromatic nitrogens is 3. The smallest absolute Gasteiger partial charge is 0.313 e. The van der Waals surface area contributed by atoms with Crippen LogP contribution in [0.3, 0.4) is 0 Å². The van der Waals surface area contributed by atoms with Gasteiger partial charge in [-0.15, -0.1) is 21.5 Å². The fraction of sp³-hybridized carbons (Fsp3) is 0.364. The number of halogens is 1. The summed E-state index contributed by atoms with van der Waals surface area (Å²) in [5, 5.41) is 19.6. The second kappa shape index (κ2) is 6.53. The lowest BCUT2D eigenvalue weighted by Crippen LogP contribution is -2.06. The normalized spacial score (nSPS) is 10.8. The van der Waals surface area contributed by atoms with E-state index in [1.54, 1.807) is 11.3 Å². The standard InChI is InChI=1S/C11H12BrN3O2S2/c1-2-9-13-14-11(19-6-10(16)17)15(9)4-8-3-7(12)5-18-8/h3,5H,2,4,6H2,1H3,(H,16,17). The van der Waals surface area contributed by atoms with E-state index >= 15 is 0 Å². The fourth-order valence-corrected chi connectivity index (χ4v) is 3.68. The maximum atomic E-state index is 10.6. The number of aliphatic carboxylic acids is 1. The quantitative estimate of drug-likeness (QED) is 0.801. The molecule has 0 aliphatic rings. The number of thiophene rings is 1. The third kappa shape index (κ3) is 3.80. The summed E-state index contributed by atoms with van der Waals surface area (Å²) in [5.74, 6) is 0.0181. The highest BCUT2D eigenvalue weighted by atomic mass is 79.9. The van der Waals surface area contributed by atoms with Gasteiger partial charge in [0, 0.05) is 21.2 Å². The van der Waals surface area contributed by atoms with Gasteiger partial charge < -0.3 is 9.67 Å². The average molecular weight is 362 g/mol. The van der Waals surface area contributed by atoms with Crippen molar-refractivity contribution in [2.24, 2.45) is 0 Å². The van der Waals surface area contributed by atoms with Gasteiger partial charge in [0.1, 0.15) is 5.82 Å². The molecule has 8 heteroatoms. The zero-order valence-electron chi connectivity index (χ0n) is 10.2. The lowest BCUT2D eigenvalue weighted by atomic mass is 10.4. The maximum absolute atomic E-state index is 10.6. The summed E-state index contributed by atoms with van der Waals surface area (Å²) in [6, 6.07) is 2.05. The number of aryl methyl sites for hydroxylation is 1. The van der Waals surface area contributed by atoms with E-state index in [1.807, 2.05) is 16.9 Å². The van der Waals surface area contributed by atoms with Crippen LogP contribution >= 0.6 is 39.0 Å². The van der Waals surface area contributed by atoms with Gasteiger partial charge in [0.05, 0.1) is 12.3 Å². The molecule has 0 amide bonds. The van der Waals surface area contributed by atoms with Crippen molar-refractivity contribution < 1.29 is 9.90 Å². The van der Waals surface area contributed by atoms with Crippen LogP contribution in [0.4, 0.5) is 0 Å². The first-order chi connectivity index (χ1) is 9.10. The molecule has 0 fully saturated rings. The predicted molar refractivity (Wildman–Crippen MR) is 78.9 cm³/mol. The third-order valence-corrected chi connectivity index (χ3v) is 5.00. The predicted octanol–water partition coefficient (Wildman–Crippen LogP) is 2.89. The van der Waals surface area contributed by atoms with Gasteiger partial charge in [0.15, 0.2) is 5.16 Å². The van der Waals surface area contributed by atoms with Crippen LogP contribution in [0.1, 0.15) is 17.6 Å².